The van der Waals surface area contributed by atoms with E-state index >= 15 is 0 Å². The fourth-order valence-electron chi connectivity index (χ4n) is 2.37. The largest absolute Gasteiger partial charge is 0.376 e. The molecule has 1 atom stereocenters. The predicted molar refractivity (Wildman–Crippen MR) is 105 cm³/mol. The molecule has 0 amide bonds. The van der Waals surface area contributed by atoms with Crippen LogP contribution < -0.4 is 10.6 Å². The van der Waals surface area contributed by atoms with Gasteiger partial charge in [-0.2, -0.15) is 4.98 Å². The van der Waals surface area contributed by atoms with Gasteiger partial charge in [-0.1, -0.05) is 19.0 Å². The lowest BCUT2D eigenvalue weighted by molar-refractivity contribution is 0.117. The Balaban J connectivity index is 0.00000288. The zero-order chi connectivity index (χ0) is 16.5. The number of aliphatic imine (C=N–C) groups is 1. The average molecular weight is 451 g/mol. The Hall–Kier alpha value is -0.900. The van der Waals surface area contributed by atoms with Gasteiger partial charge in [0.15, 0.2) is 11.8 Å². The van der Waals surface area contributed by atoms with Gasteiger partial charge in [-0.05, 0) is 26.2 Å². The number of aromatic nitrogens is 2. The summed E-state index contributed by atoms with van der Waals surface area (Å²) in [5.74, 6) is 2.63. The van der Waals surface area contributed by atoms with Crippen LogP contribution in [-0.4, -0.2) is 48.4 Å². The van der Waals surface area contributed by atoms with Crippen molar-refractivity contribution in [3.05, 3.63) is 11.7 Å². The molecular formula is C16H30IN5O2. The van der Waals surface area contributed by atoms with Gasteiger partial charge in [0.1, 0.15) is 0 Å². The maximum absolute atomic E-state index is 5.60. The van der Waals surface area contributed by atoms with E-state index in [-0.39, 0.29) is 30.1 Å². The first-order valence-corrected chi connectivity index (χ1v) is 8.65. The van der Waals surface area contributed by atoms with Crippen molar-refractivity contribution in [2.45, 2.75) is 58.5 Å². The van der Waals surface area contributed by atoms with Gasteiger partial charge in [0.25, 0.3) is 0 Å². The van der Waals surface area contributed by atoms with Gasteiger partial charge in [-0.25, -0.2) is 0 Å². The van der Waals surface area contributed by atoms with E-state index in [9.17, 15) is 0 Å². The Morgan fingerprint density at radius 1 is 1.38 bits per heavy atom. The van der Waals surface area contributed by atoms with Crippen LogP contribution in [0.5, 0.6) is 0 Å². The molecule has 0 saturated carbocycles. The third-order valence-electron chi connectivity index (χ3n) is 3.68. The van der Waals surface area contributed by atoms with E-state index < -0.39 is 0 Å². The van der Waals surface area contributed by atoms with Crippen molar-refractivity contribution in [3.63, 3.8) is 0 Å². The second kappa shape index (κ2) is 11.6. The number of nitrogens with one attached hydrogen (secondary N) is 2. The van der Waals surface area contributed by atoms with Crippen molar-refractivity contribution in [2.75, 3.05) is 26.2 Å². The lowest BCUT2D eigenvalue weighted by Crippen LogP contribution is -2.38. The van der Waals surface area contributed by atoms with Gasteiger partial charge >= 0.3 is 0 Å². The summed E-state index contributed by atoms with van der Waals surface area (Å²) in [5, 5.41) is 10.6. The molecule has 1 aliphatic rings. The number of hydrogen-bond donors (Lipinski definition) is 2. The van der Waals surface area contributed by atoms with Crippen LogP contribution >= 0.6 is 24.0 Å². The van der Waals surface area contributed by atoms with Gasteiger partial charge in [-0.3, -0.25) is 4.99 Å². The fourth-order valence-corrected chi connectivity index (χ4v) is 2.37. The van der Waals surface area contributed by atoms with Crippen molar-refractivity contribution in [1.29, 1.82) is 0 Å². The molecular weight excluding hydrogens is 421 g/mol. The molecule has 0 bridgehead atoms. The van der Waals surface area contributed by atoms with Crippen molar-refractivity contribution >= 4 is 29.9 Å². The summed E-state index contributed by atoms with van der Waals surface area (Å²) in [4.78, 5) is 8.97. The molecule has 1 saturated heterocycles. The third-order valence-corrected chi connectivity index (χ3v) is 3.68. The SMILES string of the molecule is CCNC(=NCC1CCCO1)NCCCc1nc(C(C)C)no1.I. The Labute approximate surface area is 161 Å². The maximum atomic E-state index is 5.60. The van der Waals surface area contributed by atoms with Crippen molar-refractivity contribution < 1.29 is 9.26 Å². The summed E-state index contributed by atoms with van der Waals surface area (Å²) in [5.41, 5.74) is 0. The zero-order valence-corrected chi connectivity index (χ0v) is 17.2. The number of halogens is 1. The first-order valence-electron chi connectivity index (χ1n) is 8.65. The summed E-state index contributed by atoms with van der Waals surface area (Å²) in [7, 11) is 0. The minimum absolute atomic E-state index is 0. The minimum atomic E-state index is 0. The standard InChI is InChI=1S/C16H29N5O2.HI/c1-4-17-16(19-11-13-7-6-10-22-13)18-9-5-8-14-20-15(12(2)3)21-23-14;/h12-13H,4-11H2,1-3H3,(H2,17,18,19);1H. The van der Waals surface area contributed by atoms with E-state index in [1.165, 1.54) is 0 Å². The molecule has 2 heterocycles. The molecule has 0 radical (unpaired) electrons. The maximum Gasteiger partial charge on any atom is 0.226 e. The molecule has 1 aliphatic heterocycles. The quantitative estimate of drug-likeness (QED) is 0.274. The molecule has 8 heteroatoms. The van der Waals surface area contributed by atoms with Gasteiger partial charge in [0.2, 0.25) is 5.89 Å². The second-order valence-electron chi connectivity index (χ2n) is 6.09. The third kappa shape index (κ3) is 7.33. The van der Waals surface area contributed by atoms with Crippen LogP contribution in [0.25, 0.3) is 0 Å². The summed E-state index contributed by atoms with van der Waals surface area (Å²) < 4.78 is 10.8. The molecule has 1 fully saturated rings. The van der Waals surface area contributed by atoms with Crippen LogP contribution in [0.1, 0.15) is 57.7 Å². The Morgan fingerprint density at radius 2 is 2.21 bits per heavy atom. The topological polar surface area (TPSA) is 84.6 Å². The first-order chi connectivity index (χ1) is 11.2. The molecule has 7 nitrogen and oxygen atoms in total. The van der Waals surface area contributed by atoms with Gasteiger partial charge in [-0.15, -0.1) is 24.0 Å². The average Bonchev–Trinajstić information content (AvgIpc) is 3.20. The fraction of sp³-hybridized carbons (Fsp3) is 0.812. The molecule has 2 rings (SSSR count). The highest BCUT2D eigenvalue weighted by Crippen LogP contribution is 2.12. The summed E-state index contributed by atoms with van der Waals surface area (Å²) in [6.45, 7) is 9.43. The van der Waals surface area contributed by atoms with Crippen LogP contribution in [0.15, 0.2) is 9.52 Å². The highest BCUT2D eigenvalue weighted by atomic mass is 127. The van der Waals surface area contributed by atoms with Crippen molar-refractivity contribution in [3.8, 4) is 0 Å². The molecule has 1 aromatic heterocycles. The first kappa shape index (κ1) is 21.1. The Bertz CT molecular complexity index is 487. The molecule has 138 valence electrons. The minimum Gasteiger partial charge on any atom is -0.376 e. The van der Waals surface area contributed by atoms with Crippen LogP contribution in [0, 0.1) is 0 Å². The van der Waals surface area contributed by atoms with Gasteiger partial charge < -0.3 is 19.9 Å². The lowest BCUT2D eigenvalue weighted by Gasteiger charge is -2.12. The number of rotatable bonds is 8. The number of guanidine groups is 1. The van der Waals surface area contributed by atoms with Crippen LogP contribution in [0.2, 0.25) is 0 Å². The van der Waals surface area contributed by atoms with E-state index in [1.807, 2.05) is 0 Å². The van der Waals surface area contributed by atoms with Crippen molar-refractivity contribution in [2.24, 2.45) is 4.99 Å². The summed E-state index contributed by atoms with van der Waals surface area (Å²) in [6.07, 6.45) is 4.23. The van der Waals surface area contributed by atoms with E-state index in [2.05, 4.69) is 46.5 Å². The van der Waals surface area contributed by atoms with E-state index in [1.54, 1.807) is 0 Å². The van der Waals surface area contributed by atoms with E-state index in [4.69, 9.17) is 9.26 Å². The summed E-state index contributed by atoms with van der Waals surface area (Å²) >= 11 is 0. The van der Waals surface area contributed by atoms with Crippen LogP contribution in [0.4, 0.5) is 0 Å². The van der Waals surface area contributed by atoms with Crippen molar-refractivity contribution in [1.82, 2.24) is 20.8 Å². The van der Waals surface area contributed by atoms with Crippen LogP contribution in [0.3, 0.4) is 0 Å². The molecule has 0 aromatic carbocycles. The Kier molecular flexibility index (Phi) is 10.2. The van der Waals surface area contributed by atoms with Crippen LogP contribution in [-0.2, 0) is 11.2 Å². The monoisotopic (exact) mass is 451 g/mol. The van der Waals surface area contributed by atoms with E-state index in [0.29, 0.717) is 11.8 Å². The van der Waals surface area contributed by atoms with Gasteiger partial charge in [0, 0.05) is 32.0 Å². The number of nitrogens with zero attached hydrogens (tertiary/aromatic N) is 3. The molecule has 0 aliphatic carbocycles. The van der Waals surface area contributed by atoms with Gasteiger partial charge in [0.05, 0.1) is 12.6 Å². The summed E-state index contributed by atoms with van der Waals surface area (Å²) in [6, 6.07) is 0. The molecule has 0 spiro atoms. The predicted octanol–water partition coefficient (Wildman–Crippen LogP) is 2.48. The molecule has 1 aromatic rings. The number of aryl methyl sites for hydroxylation is 1. The lowest BCUT2D eigenvalue weighted by atomic mass is 10.2. The normalized spacial score (nSPS) is 17.8. The molecule has 24 heavy (non-hydrogen) atoms. The smallest absolute Gasteiger partial charge is 0.226 e. The zero-order valence-electron chi connectivity index (χ0n) is 14.9. The number of hydrogen-bond acceptors (Lipinski definition) is 5. The number of ether oxygens (including phenoxy) is 1. The molecule has 1 unspecified atom stereocenters. The van der Waals surface area contributed by atoms with E-state index in [0.717, 1.165) is 63.7 Å². The highest BCUT2D eigenvalue weighted by Gasteiger charge is 2.15. The second-order valence-corrected chi connectivity index (χ2v) is 6.09. The highest BCUT2D eigenvalue weighted by molar-refractivity contribution is 14.0. The molecule has 2 N–H and O–H groups in total. The Morgan fingerprint density at radius 3 is 2.83 bits per heavy atom.